The normalized spacial score (nSPS) is 15.2. The number of carbonyl (C=O) groups excluding carboxylic acids is 2. The van der Waals surface area contributed by atoms with Gasteiger partial charge in [-0.15, -0.1) is 0 Å². The van der Waals surface area contributed by atoms with Crippen LogP contribution in [-0.4, -0.2) is 15.7 Å². The smallest absolute Gasteiger partial charge is 0.298 e. The number of anilines is 1. The molecule has 0 aliphatic carbocycles. The van der Waals surface area contributed by atoms with Crippen LogP contribution in [0.25, 0.3) is 17.0 Å². The Balaban J connectivity index is 1.54. The van der Waals surface area contributed by atoms with Crippen molar-refractivity contribution in [3.63, 3.8) is 0 Å². The summed E-state index contributed by atoms with van der Waals surface area (Å²) in [6, 6.07) is 20.5. The summed E-state index contributed by atoms with van der Waals surface area (Å²) in [6.07, 6.45) is 3.78. The summed E-state index contributed by atoms with van der Waals surface area (Å²) in [5.41, 5.74) is 3.44. The Morgan fingerprint density at radius 1 is 0.939 bits per heavy atom. The van der Waals surface area contributed by atoms with Crippen molar-refractivity contribution in [1.82, 2.24) is 4.57 Å². The van der Waals surface area contributed by atoms with E-state index in [4.69, 9.17) is 23.2 Å². The topological polar surface area (TPSA) is 42.3 Å². The Labute approximate surface area is 212 Å². The molecule has 0 saturated carbocycles. The second-order valence-electron chi connectivity index (χ2n) is 7.50. The van der Waals surface area contributed by atoms with Gasteiger partial charge in [0.1, 0.15) is 0 Å². The molecule has 4 aromatic rings. The Morgan fingerprint density at radius 3 is 2.48 bits per heavy atom. The predicted molar refractivity (Wildman–Crippen MR) is 140 cm³/mol. The van der Waals surface area contributed by atoms with Gasteiger partial charge < -0.3 is 4.57 Å². The number of fused-ring (bicyclic) bond motifs is 1. The molecule has 1 aromatic heterocycles. The zero-order chi connectivity index (χ0) is 23.1. The molecular weight excluding hydrogens is 543 g/mol. The van der Waals surface area contributed by atoms with Gasteiger partial charge in [0.05, 0.1) is 10.6 Å². The van der Waals surface area contributed by atoms with Crippen molar-refractivity contribution in [3.05, 3.63) is 103 Å². The zero-order valence-corrected chi connectivity index (χ0v) is 20.9. The Morgan fingerprint density at radius 2 is 1.73 bits per heavy atom. The van der Waals surface area contributed by atoms with E-state index >= 15 is 0 Å². The van der Waals surface area contributed by atoms with E-state index in [2.05, 4.69) is 20.5 Å². The largest absolute Gasteiger partial charge is 0.342 e. The highest BCUT2D eigenvalue weighted by molar-refractivity contribution is 9.10. The van der Waals surface area contributed by atoms with Crippen molar-refractivity contribution < 1.29 is 9.59 Å². The van der Waals surface area contributed by atoms with Crippen molar-refractivity contribution in [3.8, 4) is 0 Å². The SMILES string of the molecule is O=C1S/C(=C\c2cn(Cc3ccc(Cl)cc3)c3ccc(Br)cc23)C(=O)N1c1cccc(Cl)c1. The molecule has 1 fully saturated rings. The van der Waals surface area contributed by atoms with Crippen molar-refractivity contribution in [2.45, 2.75) is 6.54 Å². The highest BCUT2D eigenvalue weighted by Crippen LogP contribution is 2.38. The molecule has 1 aliphatic rings. The molecular formula is C25H15BrCl2N2O2S. The van der Waals surface area contributed by atoms with E-state index in [1.54, 1.807) is 30.3 Å². The molecule has 2 amide bonds. The van der Waals surface area contributed by atoms with Crippen molar-refractivity contribution >= 4 is 84.7 Å². The zero-order valence-electron chi connectivity index (χ0n) is 17.0. The maximum absolute atomic E-state index is 13.1. The van der Waals surface area contributed by atoms with Gasteiger partial charge in [0.15, 0.2) is 0 Å². The number of benzene rings is 3. The van der Waals surface area contributed by atoms with Crippen LogP contribution in [0.5, 0.6) is 0 Å². The first-order chi connectivity index (χ1) is 15.9. The average Bonchev–Trinajstić information content (AvgIpc) is 3.25. The van der Waals surface area contributed by atoms with Gasteiger partial charge in [0.2, 0.25) is 0 Å². The Bertz CT molecular complexity index is 1450. The number of rotatable bonds is 4. The summed E-state index contributed by atoms with van der Waals surface area (Å²) in [6.45, 7) is 0.646. The average molecular weight is 558 g/mol. The van der Waals surface area contributed by atoms with Crippen LogP contribution in [-0.2, 0) is 11.3 Å². The first kappa shape index (κ1) is 22.3. The monoisotopic (exact) mass is 556 g/mol. The molecule has 33 heavy (non-hydrogen) atoms. The van der Waals surface area contributed by atoms with E-state index in [0.717, 1.165) is 43.2 Å². The summed E-state index contributed by atoms with van der Waals surface area (Å²) in [5, 5.41) is 1.79. The molecule has 0 bridgehead atoms. The first-order valence-corrected chi connectivity index (χ1v) is 12.3. The van der Waals surface area contributed by atoms with Gasteiger partial charge in [0.25, 0.3) is 11.1 Å². The number of aromatic nitrogens is 1. The third-order valence-corrected chi connectivity index (χ3v) is 7.14. The van der Waals surface area contributed by atoms with Crippen LogP contribution in [0.2, 0.25) is 10.0 Å². The maximum Gasteiger partial charge on any atom is 0.298 e. The maximum atomic E-state index is 13.1. The van der Waals surface area contributed by atoms with Crippen LogP contribution < -0.4 is 4.90 Å². The molecule has 164 valence electrons. The fourth-order valence-corrected chi connectivity index (χ4v) is 5.28. The second kappa shape index (κ2) is 9.03. The fourth-order valence-electron chi connectivity index (χ4n) is 3.78. The highest BCUT2D eigenvalue weighted by Gasteiger charge is 2.36. The molecule has 0 radical (unpaired) electrons. The lowest BCUT2D eigenvalue weighted by Gasteiger charge is -2.12. The van der Waals surface area contributed by atoms with Crippen LogP contribution in [0.1, 0.15) is 11.1 Å². The molecule has 0 unspecified atom stereocenters. The number of halogens is 3. The number of thioether (sulfide) groups is 1. The molecule has 3 aromatic carbocycles. The lowest BCUT2D eigenvalue weighted by molar-refractivity contribution is -0.113. The minimum atomic E-state index is -0.360. The molecule has 0 spiro atoms. The van der Waals surface area contributed by atoms with E-state index in [0.29, 0.717) is 27.2 Å². The molecule has 5 rings (SSSR count). The Hall–Kier alpha value is -2.51. The fraction of sp³-hybridized carbons (Fsp3) is 0.0400. The Kier molecular flexibility index (Phi) is 6.10. The number of hydrogen-bond donors (Lipinski definition) is 0. The molecule has 8 heteroatoms. The molecule has 1 saturated heterocycles. The number of imide groups is 1. The van der Waals surface area contributed by atoms with E-state index in [-0.39, 0.29) is 11.1 Å². The van der Waals surface area contributed by atoms with Crippen molar-refractivity contribution in [2.24, 2.45) is 0 Å². The minimum absolute atomic E-state index is 0.348. The summed E-state index contributed by atoms with van der Waals surface area (Å²) in [5.74, 6) is -0.360. The predicted octanol–water partition coefficient (Wildman–Crippen LogP) is 8.00. The van der Waals surface area contributed by atoms with E-state index < -0.39 is 0 Å². The quantitative estimate of drug-likeness (QED) is 0.239. The van der Waals surface area contributed by atoms with Crippen LogP contribution in [0, 0.1) is 0 Å². The van der Waals surface area contributed by atoms with Gasteiger partial charge in [0, 0.05) is 43.7 Å². The number of amides is 2. The highest BCUT2D eigenvalue weighted by atomic mass is 79.9. The lowest BCUT2D eigenvalue weighted by Crippen LogP contribution is -2.27. The van der Waals surface area contributed by atoms with Crippen LogP contribution >= 0.6 is 50.9 Å². The molecule has 4 nitrogen and oxygen atoms in total. The summed E-state index contributed by atoms with van der Waals surface area (Å²) in [7, 11) is 0. The first-order valence-electron chi connectivity index (χ1n) is 9.95. The third kappa shape index (κ3) is 4.49. The van der Waals surface area contributed by atoms with Gasteiger partial charge in [-0.1, -0.05) is 57.3 Å². The summed E-state index contributed by atoms with van der Waals surface area (Å²) < 4.78 is 3.05. The molecule has 0 N–H and O–H groups in total. The third-order valence-electron chi connectivity index (χ3n) is 5.29. The number of hydrogen-bond acceptors (Lipinski definition) is 3. The number of carbonyl (C=O) groups is 2. The van der Waals surface area contributed by atoms with Crippen LogP contribution in [0.15, 0.2) is 82.3 Å². The van der Waals surface area contributed by atoms with Crippen molar-refractivity contribution in [1.29, 1.82) is 0 Å². The van der Waals surface area contributed by atoms with Crippen LogP contribution in [0.3, 0.4) is 0 Å². The van der Waals surface area contributed by atoms with Crippen LogP contribution in [0.4, 0.5) is 10.5 Å². The van der Waals surface area contributed by atoms with Gasteiger partial charge in [-0.2, -0.15) is 0 Å². The molecule has 0 atom stereocenters. The van der Waals surface area contributed by atoms with Gasteiger partial charge in [-0.25, -0.2) is 4.90 Å². The van der Waals surface area contributed by atoms with Gasteiger partial charge >= 0.3 is 0 Å². The molecule has 2 heterocycles. The van der Waals surface area contributed by atoms with Gasteiger partial charge in [-0.3, -0.25) is 9.59 Å². The van der Waals surface area contributed by atoms with E-state index in [1.807, 2.05) is 48.7 Å². The summed E-state index contributed by atoms with van der Waals surface area (Å²) >= 11 is 16.5. The van der Waals surface area contributed by atoms with E-state index in [9.17, 15) is 9.59 Å². The van der Waals surface area contributed by atoms with Gasteiger partial charge in [-0.05, 0) is 71.9 Å². The van der Waals surface area contributed by atoms with Crippen molar-refractivity contribution in [2.75, 3.05) is 4.90 Å². The standard InChI is InChI=1S/C25H15BrCl2N2O2S/c26-17-6-9-22-21(11-17)16(14-29(22)13-15-4-7-18(27)8-5-15)10-23-24(31)30(25(32)33-23)20-3-1-2-19(28)12-20/h1-12,14H,13H2/b23-10-. The van der Waals surface area contributed by atoms with E-state index in [1.165, 1.54) is 0 Å². The lowest BCUT2D eigenvalue weighted by atomic mass is 10.1. The molecule has 1 aliphatic heterocycles. The second-order valence-corrected chi connectivity index (χ2v) is 10.3. The summed E-state index contributed by atoms with van der Waals surface area (Å²) in [4.78, 5) is 27.3. The number of nitrogens with zero attached hydrogens (tertiary/aromatic N) is 2. The minimum Gasteiger partial charge on any atom is -0.342 e.